The van der Waals surface area contributed by atoms with Gasteiger partial charge in [-0.2, -0.15) is 0 Å². The van der Waals surface area contributed by atoms with Gasteiger partial charge in [0.05, 0.1) is 17.1 Å². The molecule has 238 valence electrons. The predicted molar refractivity (Wildman–Crippen MR) is 185 cm³/mol. The van der Waals surface area contributed by atoms with Crippen LogP contribution >= 0.6 is 0 Å². The fraction of sp³-hybridized carbons (Fsp3) is 0.641. The summed E-state index contributed by atoms with van der Waals surface area (Å²) in [7, 11) is 0. The first-order valence-corrected chi connectivity index (χ1v) is 17.5. The molecular formula is C39H62N2Ni. The maximum absolute atomic E-state index is 5.26. The molecule has 3 heteroatoms. The van der Waals surface area contributed by atoms with Gasteiger partial charge in [-0.25, -0.2) is 0 Å². The number of unbranched alkanes of at least 4 members (excludes halogenated alkanes) is 10. The largest absolute Gasteiger partial charge is 0.255 e. The fourth-order valence-electron chi connectivity index (χ4n) is 5.54. The van der Waals surface area contributed by atoms with Crippen molar-refractivity contribution in [2.75, 3.05) is 0 Å². The fourth-order valence-corrected chi connectivity index (χ4v) is 5.54. The quantitative estimate of drug-likeness (QED) is 0.0673. The Morgan fingerprint density at radius 2 is 0.833 bits per heavy atom. The molecule has 2 aromatic carbocycles. The van der Waals surface area contributed by atoms with Crippen LogP contribution < -0.4 is 0 Å². The van der Waals surface area contributed by atoms with Crippen molar-refractivity contribution in [3.63, 3.8) is 0 Å². The molecule has 0 N–H and O–H groups in total. The Balaban J connectivity index is 0.00000882. The van der Waals surface area contributed by atoms with Gasteiger partial charge in [0.25, 0.3) is 0 Å². The van der Waals surface area contributed by atoms with Crippen LogP contribution in [0.25, 0.3) is 0 Å². The normalized spacial score (nSPS) is 11.8. The molecule has 2 nitrogen and oxygen atoms in total. The average Bonchev–Trinajstić information content (AvgIpc) is 2.96. The van der Waals surface area contributed by atoms with Crippen molar-refractivity contribution in [3.05, 3.63) is 58.7 Å². The number of aliphatic imine (C=N–C) groups is 2. The first kappa shape index (κ1) is 38.3. The Morgan fingerprint density at radius 3 is 1.21 bits per heavy atom. The van der Waals surface area contributed by atoms with Crippen molar-refractivity contribution < 1.29 is 16.5 Å². The van der Waals surface area contributed by atoms with E-state index in [0.717, 1.165) is 49.2 Å². The van der Waals surface area contributed by atoms with Gasteiger partial charge in [0.2, 0.25) is 0 Å². The van der Waals surface area contributed by atoms with E-state index in [4.69, 9.17) is 9.98 Å². The van der Waals surface area contributed by atoms with E-state index in [0.29, 0.717) is 0 Å². The van der Waals surface area contributed by atoms with Gasteiger partial charge in [0, 0.05) is 22.7 Å². The van der Waals surface area contributed by atoms with E-state index in [1.165, 1.54) is 119 Å². The molecule has 0 aromatic heterocycles. The second-order valence-corrected chi connectivity index (χ2v) is 12.2. The van der Waals surface area contributed by atoms with E-state index in [1.807, 2.05) is 0 Å². The molecule has 0 aliphatic carbocycles. The average molecular weight is 618 g/mol. The van der Waals surface area contributed by atoms with Crippen LogP contribution in [0.4, 0.5) is 11.4 Å². The molecule has 0 saturated carbocycles. The number of aryl methyl sites for hydroxylation is 4. The molecule has 0 unspecified atom stereocenters. The van der Waals surface area contributed by atoms with E-state index in [9.17, 15) is 0 Å². The van der Waals surface area contributed by atoms with Gasteiger partial charge in [-0.15, -0.1) is 0 Å². The van der Waals surface area contributed by atoms with Gasteiger partial charge in [-0.05, 0) is 111 Å². The number of hydrogen-bond donors (Lipinski definition) is 0. The Labute approximate surface area is 270 Å². The second-order valence-electron chi connectivity index (χ2n) is 12.2. The molecule has 0 amide bonds. The summed E-state index contributed by atoms with van der Waals surface area (Å²) in [4.78, 5) is 10.3. The molecule has 42 heavy (non-hydrogen) atoms. The summed E-state index contributed by atoms with van der Waals surface area (Å²) < 4.78 is 0. The van der Waals surface area contributed by atoms with Gasteiger partial charge in [0.1, 0.15) is 0 Å². The zero-order chi connectivity index (χ0) is 29.5. The summed E-state index contributed by atoms with van der Waals surface area (Å²) in [6.45, 7) is 11.4. The van der Waals surface area contributed by atoms with Crippen LogP contribution in [0.1, 0.15) is 160 Å². The van der Waals surface area contributed by atoms with E-state index in [1.54, 1.807) is 0 Å². The molecule has 0 aliphatic rings. The number of benzene rings is 2. The third kappa shape index (κ3) is 16.8. The zero-order valence-corrected chi connectivity index (χ0v) is 28.9. The van der Waals surface area contributed by atoms with Crippen molar-refractivity contribution >= 4 is 23.3 Å². The maximum atomic E-state index is 5.26. The SMILES string of the molecule is CCCCCC(/C=N/c1cc(CCCCC)cc(CCCCC)c1)=N\c1cc(CCCCC)cc(CCCCC)c1.[Ni]. The Hall–Kier alpha value is -1.73. The number of rotatable bonds is 23. The molecule has 0 heterocycles. The third-order valence-electron chi connectivity index (χ3n) is 8.02. The van der Waals surface area contributed by atoms with E-state index >= 15 is 0 Å². The Bertz CT molecular complexity index is 967. The van der Waals surface area contributed by atoms with Gasteiger partial charge in [0.15, 0.2) is 0 Å². The van der Waals surface area contributed by atoms with Crippen molar-refractivity contribution in [1.82, 2.24) is 0 Å². The van der Waals surface area contributed by atoms with Crippen molar-refractivity contribution in [1.29, 1.82) is 0 Å². The molecule has 0 atom stereocenters. The molecular weight excluding hydrogens is 555 g/mol. The summed E-state index contributed by atoms with van der Waals surface area (Å²) in [6, 6.07) is 14.2. The van der Waals surface area contributed by atoms with E-state index < -0.39 is 0 Å². The second kappa shape index (κ2) is 24.7. The van der Waals surface area contributed by atoms with Gasteiger partial charge in [-0.1, -0.05) is 111 Å². The standard InChI is InChI=1S/C39H62N2.Ni/c1-6-11-16-21-33-26-34(22-17-12-7-2)29-38(28-33)40-32-37(25-20-15-10-5)41-39-30-35(23-18-13-8-3)27-36(31-39)24-19-14-9-4;/h26-32H,6-25H2,1-5H3;/b40-32+,41-37+;. The van der Waals surface area contributed by atoms with Crippen LogP contribution in [0.5, 0.6) is 0 Å². The van der Waals surface area contributed by atoms with Crippen molar-refractivity contribution in [2.24, 2.45) is 9.98 Å². The van der Waals surface area contributed by atoms with Crippen molar-refractivity contribution in [3.8, 4) is 0 Å². The topological polar surface area (TPSA) is 24.7 Å². The smallest absolute Gasteiger partial charge is 0.0639 e. The van der Waals surface area contributed by atoms with Crippen LogP contribution in [0.3, 0.4) is 0 Å². The van der Waals surface area contributed by atoms with Gasteiger partial charge in [-0.3, -0.25) is 9.98 Å². The molecule has 0 bridgehead atoms. The Morgan fingerprint density at radius 1 is 0.476 bits per heavy atom. The first-order valence-electron chi connectivity index (χ1n) is 17.5. The summed E-state index contributed by atoms with van der Waals surface area (Å²) in [5.41, 5.74) is 9.13. The zero-order valence-electron chi connectivity index (χ0n) is 27.9. The minimum Gasteiger partial charge on any atom is -0.255 e. The summed E-state index contributed by atoms with van der Waals surface area (Å²) in [5.74, 6) is 0. The van der Waals surface area contributed by atoms with Crippen LogP contribution in [0.2, 0.25) is 0 Å². The van der Waals surface area contributed by atoms with Crippen LogP contribution in [-0.2, 0) is 42.2 Å². The molecule has 2 rings (SSSR count). The minimum absolute atomic E-state index is 0. The minimum atomic E-state index is 0. The number of nitrogens with zero attached hydrogens (tertiary/aromatic N) is 2. The summed E-state index contributed by atoms with van der Waals surface area (Å²) in [6.07, 6.45) is 26.6. The van der Waals surface area contributed by atoms with Gasteiger partial charge >= 0.3 is 0 Å². The van der Waals surface area contributed by atoms with Crippen LogP contribution in [0, 0.1) is 0 Å². The first-order chi connectivity index (χ1) is 20.1. The number of hydrogen-bond acceptors (Lipinski definition) is 2. The molecule has 2 aromatic rings. The molecule has 0 spiro atoms. The molecule has 0 aliphatic heterocycles. The summed E-state index contributed by atoms with van der Waals surface area (Å²) >= 11 is 0. The van der Waals surface area contributed by atoms with E-state index in [-0.39, 0.29) is 16.5 Å². The molecule has 0 saturated heterocycles. The monoisotopic (exact) mass is 616 g/mol. The van der Waals surface area contributed by atoms with E-state index in [2.05, 4.69) is 77.2 Å². The molecule has 0 fully saturated rings. The third-order valence-corrected chi connectivity index (χ3v) is 8.02. The summed E-state index contributed by atoms with van der Waals surface area (Å²) in [5, 5.41) is 0. The van der Waals surface area contributed by atoms with Crippen LogP contribution in [0.15, 0.2) is 46.4 Å². The van der Waals surface area contributed by atoms with Gasteiger partial charge < -0.3 is 0 Å². The van der Waals surface area contributed by atoms with Crippen LogP contribution in [-0.4, -0.2) is 11.9 Å². The predicted octanol–water partition coefficient (Wildman–Crippen LogP) is 12.7. The molecule has 0 radical (unpaired) electrons. The maximum Gasteiger partial charge on any atom is 0.0639 e. The Kier molecular flexibility index (Phi) is 22.5. The van der Waals surface area contributed by atoms with Crippen molar-refractivity contribution in [2.45, 2.75) is 163 Å².